The van der Waals surface area contributed by atoms with Gasteiger partial charge in [0.25, 0.3) is 0 Å². The van der Waals surface area contributed by atoms with E-state index in [1.807, 2.05) is 54.8 Å². The number of aliphatic hydroxyl groups is 1. The van der Waals surface area contributed by atoms with Gasteiger partial charge in [0.1, 0.15) is 0 Å². The molecule has 1 amide bonds. The first-order valence-corrected chi connectivity index (χ1v) is 8.90. The van der Waals surface area contributed by atoms with Crippen molar-refractivity contribution < 1.29 is 9.90 Å². The number of fused-ring (bicyclic) bond motifs is 1. The number of benzene rings is 2. The summed E-state index contributed by atoms with van der Waals surface area (Å²) in [6.07, 6.45) is 0.411. The van der Waals surface area contributed by atoms with Crippen molar-refractivity contribution in [2.45, 2.75) is 25.9 Å². The summed E-state index contributed by atoms with van der Waals surface area (Å²) in [6.45, 7) is 2.24. The number of aryl methyl sites for hydroxylation is 1. The molecule has 4 nitrogen and oxygen atoms in total. The van der Waals surface area contributed by atoms with Crippen LogP contribution >= 0.6 is 11.3 Å². The largest absolute Gasteiger partial charge is 0.387 e. The maximum Gasteiger partial charge on any atom is 0.226 e. The standard InChI is InChI=1S/C19H20N2O2S/c1-2-19-21-16(12-24-19)10-18(23)20-11-17(22)15-8-7-13-5-3-4-6-14(13)9-15/h3-9,12,17,22H,2,10-11H2,1H3,(H,20,23)/t17-/m0/s1. The van der Waals surface area contributed by atoms with Crippen LogP contribution in [0.25, 0.3) is 10.8 Å². The molecule has 0 radical (unpaired) electrons. The number of carbonyl (C=O) groups is 1. The molecule has 1 atom stereocenters. The fraction of sp³-hybridized carbons (Fsp3) is 0.263. The lowest BCUT2D eigenvalue weighted by Gasteiger charge is -2.13. The third-order valence-electron chi connectivity index (χ3n) is 3.89. The van der Waals surface area contributed by atoms with Gasteiger partial charge in [-0.25, -0.2) is 4.98 Å². The number of rotatable bonds is 6. The van der Waals surface area contributed by atoms with Crippen molar-refractivity contribution in [2.24, 2.45) is 0 Å². The van der Waals surface area contributed by atoms with Crippen LogP contribution in [0.4, 0.5) is 0 Å². The zero-order valence-electron chi connectivity index (χ0n) is 13.5. The van der Waals surface area contributed by atoms with Crippen LogP contribution in [0.15, 0.2) is 47.8 Å². The number of thiazole rings is 1. The lowest BCUT2D eigenvalue weighted by molar-refractivity contribution is -0.120. The Bertz CT molecular complexity index is 844. The highest BCUT2D eigenvalue weighted by molar-refractivity contribution is 7.09. The number of aliphatic hydroxyl groups excluding tert-OH is 1. The summed E-state index contributed by atoms with van der Waals surface area (Å²) in [5.41, 5.74) is 1.59. The van der Waals surface area contributed by atoms with Gasteiger partial charge in [-0.3, -0.25) is 4.79 Å². The van der Waals surface area contributed by atoms with Crippen LogP contribution in [0, 0.1) is 0 Å². The van der Waals surface area contributed by atoms with Gasteiger partial charge in [0.15, 0.2) is 0 Å². The third kappa shape index (κ3) is 3.99. The van der Waals surface area contributed by atoms with Crippen molar-refractivity contribution in [1.82, 2.24) is 10.3 Å². The molecule has 0 saturated carbocycles. The quantitative estimate of drug-likeness (QED) is 0.724. The first-order valence-electron chi connectivity index (χ1n) is 8.02. The van der Waals surface area contributed by atoms with E-state index in [0.717, 1.165) is 33.5 Å². The highest BCUT2D eigenvalue weighted by Gasteiger charge is 2.12. The van der Waals surface area contributed by atoms with E-state index in [9.17, 15) is 9.90 Å². The first kappa shape index (κ1) is 16.6. The maximum atomic E-state index is 12.0. The number of hydrogen-bond acceptors (Lipinski definition) is 4. The van der Waals surface area contributed by atoms with E-state index in [-0.39, 0.29) is 18.9 Å². The number of aromatic nitrogens is 1. The SMILES string of the molecule is CCc1nc(CC(=O)NC[C@H](O)c2ccc3ccccc3c2)cs1. The predicted octanol–water partition coefficient (Wildman–Crippen LogP) is 3.25. The molecule has 2 N–H and O–H groups in total. The van der Waals surface area contributed by atoms with Crippen LogP contribution in [0.1, 0.15) is 29.3 Å². The lowest BCUT2D eigenvalue weighted by Crippen LogP contribution is -2.29. The molecular formula is C19H20N2O2S. The Hall–Kier alpha value is -2.24. The van der Waals surface area contributed by atoms with Gasteiger partial charge in [-0.05, 0) is 28.8 Å². The average molecular weight is 340 g/mol. The second kappa shape index (κ2) is 7.55. The Kier molecular flexibility index (Phi) is 5.23. The molecule has 0 bridgehead atoms. The number of nitrogens with zero attached hydrogens (tertiary/aromatic N) is 1. The molecule has 3 aromatic rings. The van der Waals surface area contributed by atoms with Crippen molar-refractivity contribution in [1.29, 1.82) is 0 Å². The molecule has 124 valence electrons. The van der Waals surface area contributed by atoms with Crippen molar-refractivity contribution in [2.75, 3.05) is 6.54 Å². The van der Waals surface area contributed by atoms with Gasteiger partial charge >= 0.3 is 0 Å². The molecule has 0 unspecified atom stereocenters. The molecule has 0 saturated heterocycles. The molecule has 0 aliphatic heterocycles. The summed E-state index contributed by atoms with van der Waals surface area (Å²) in [4.78, 5) is 16.4. The fourth-order valence-corrected chi connectivity index (χ4v) is 3.31. The van der Waals surface area contributed by atoms with Crippen LogP contribution < -0.4 is 5.32 Å². The minimum Gasteiger partial charge on any atom is -0.387 e. The molecule has 3 rings (SSSR count). The number of hydrogen-bond donors (Lipinski definition) is 2. The summed E-state index contributed by atoms with van der Waals surface area (Å²) < 4.78 is 0. The van der Waals surface area contributed by atoms with E-state index < -0.39 is 6.10 Å². The summed E-state index contributed by atoms with van der Waals surface area (Å²) in [5, 5.41) is 18.3. The molecular weight excluding hydrogens is 320 g/mol. The van der Waals surface area contributed by atoms with Crippen molar-refractivity contribution in [3.05, 3.63) is 64.1 Å². The van der Waals surface area contributed by atoms with E-state index in [0.29, 0.717) is 0 Å². The van der Waals surface area contributed by atoms with Crippen LogP contribution in [-0.2, 0) is 17.6 Å². The Balaban J connectivity index is 1.57. The summed E-state index contributed by atoms with van der Waals surface area (Å²) in [5.74, 6) is -0.122. The van der Waals surface area contributed by atoms with Gasteiger partial charge in [0.2, 0.25) is 5.91 Å². The molecule has 0 aliphatic rings. The molecule has 0 aliphatic carbocycles. The zero-order chi connectivity index (χ0) is 16.9. The predicted molar refractivity (Wildman–Crippen MR) is 97.1 cm³/mol. The van der Waals surface area contributed by atoms with Gasteiger partial charge in [0, 0.05) is 11.9 Å². The van der Waals surface area contributed by atoms with Gasteiger partial charge in [-0.1, -0.05) is 43.3 Å². The molecule has 0 fully saturated rings. The minimum atomic E-state index is -0.722. The fourth-order valence-electron chi connectivity index (χ4n) is 2.56. The topological polar surface area (TPSA) is 62.2 Å². The van der Waals surface area contributed by atoms with Gasteiger partial charge in [0.05, 0.1) is 23.2 Å². The molecule has 5 heteroatoms. The average Bonchev–Trinajstić information content (AvgIpc) is 3.06. The lowest BCUT2D eigenvalue weighted by atomic mass is 10.0. The van der Waals surface area contributed by atoms with Crippen molar-refractivity contribution in [3.63, 3.8) is 0 Å². The smallest absolute Gasteiger partial charge is 0.226 e. The molecule has 2 aromatic carbocycles. The van der Waals surface area contributed by atoms with Crippen molar-refractivity contribution in [3.8, 4) is 0 Å². The molecule has 1 aromatic heterocycles. The summed E-state index contributed by atoms with van der Waals surface area (Å²) in [6, 6.07) is 13.8. The number of amides is 1. The molecule has 0 spiro atoms. The molecule has 24 heavy (non-hydrogen) atoms. The van der Waals surface area contributed by atoms with E-state index in [4.69, 9.17) is 0 Å². The summed E-state index contributed by atoms with van der Waals surface area (Å²) >= 11 is 1.57. The Labute approximate surface area is 145 Å². The number of carbonyl (C=O) groups excluding carboxylic acids is 1. The second-order valence-electron chi connectivity index (χ2n) is 5.69. The van der Waals surface area contributed by atoms with Crippen molar-refractivity contribution >= 4 is 28.0 Å². The van der Waals surface area contributed by atoms with Crippen LogP contribution in [0.2, 0.25) is 0 Å². The normalized spacial score (nSPS) is 12.2. The maximum absolute atomic E-state index is 12.0. The van der Waals surface area contributed by atoms with E-state index in [2.05, 4.69) is 10.3 Å². The highest BCUT2D eigenvalue weighted by atomic mass is 32.1. The Morgan fingerprint density at radius 2 is 2.04 bits per heavy atom. The van der Waals surface area contributed by atoms with Crippen LogP contribution in [0.3, 0.4) is 0 Å². The minimum absolute atomic E-state index is 0.122. The van der Waals surface area contributed by atoms with Crippen LogP contribution in [-0.4, -0.2) is 22.5 Å². The summed E-state index contributed by atoms with van der Waals surface area (Å²) in [7, 11) is 0. The molecule has 1 heterocycles. The Morgan fingerprint density at radius 3 is 2.79 bits per heavy atom. The monoisotopic (exact) mass is 340 g/mol. The first-order chi connectivity index (χ1) is 11.7. The van der Waals surface area contributed by atoms with E-state index in [1.54, 1.807) is 11.3 Å². The Morgan fingerprint density at radius 1 is 1.25 bits per heavy atom. The third-order valence-corrected chi connectivity index (χ3v) is 4.94. The van der Waals surface area contributed by atoms with E-state index in [1.165, 1.54) is 0 Å². The van der Waals surface area contributed by atoms with E-state index >= 15 is 0 Å². The second-order valence-corrected chi connectivity index (χ2v) is 6.63. The van der Waals surface area contributed by atoms with Gasteiger partial charge in [-0.2, -0.15) is 0 Å². The highest BCUT2D eigenvalue weighted by Crippen LogP contribution is 2.20. The number of nitrogens with one attached hydrogen (secondary N) is 1. The van der Waals surface area contributed by atoms with Gasteiger partial charge in [-0.15, -0.1) is 11.3 Å². The van der Waals surface area contributed by atoms with Crippen LogP contribution in [0.5, 0.6) is 0 Å². The van der Waals surface area contributed by atoms with Gasteiger partial charge < -0.3 is 10.4 Å². The zero-order valence-corrected chi connectivity index (χ0v) is 14.3.